The van der Waals surface area contributed by atoms with E-state index in [0.29, 0.717) is 13.2 Å². The molecule has 1 heterocycles. The Kier molecular flexibility index (Phi) is 4.85. The zero-order valence-corrected chi connectivity index (χ0v) is 13.9. The van der Waals surface area contributed by atoms with Gasteiger partial charge in [-0.25, -0.2) is 0 Å². The molecule has 0 spiro atoms. The summed E-state index contributed by atoms with van der Waals surface area (Å²) in [5.41, 5.74) is 2.68. The van der Waals surface area contributed by atoms with Crippen molar-refractivity contribution in [2.24, 2.45) is 0 Å². The summed E-state index contributed by atoms with van der Waals surface area (Å²) < 4.78 is 16.0. The number of furan rings is 1. The number of hydrogen-bond acceptors (Lipinski definition) is 4. The molecule has 0 unspecified atom stereocenters. The molecule has 24 heavy (non-hydrogen) atoms. The minimum absolute atomic E-state index is 0.207. The fourth-order valence-electron chi connectivity index (χ4n) is 2.85. The van der Waals surface area contributed by atoms with E-state index in [0.717, 1.165) is 32.9 Å². The molecule has 0 aliphatic carbocycles. The summed E-state index contributed by atoms with van der Waals surface area (Å²) in [6.45, 7) is 4.76. The number of fused-ring (bicyclic) bond motifs is 3. The van der Waals surface area contributed by atoms with E-state index in [1.165, 1.54) is 0 Å². The predicted molar refractivity (Wildman–Crippen MR) is 94.7 cm³/mol. The third-order valence-corrected chi connectivity index (χ3v) is 3.86. The van der Waals surface area contributed by atoms with Crippen LogP contribution in [0.5, 0.6) is 0 Å². The van der Waals surface area contributed by atoms with Crippen LogP contribution in [0.3, 0.4) is 0 Å². The highest BCUT2D eigenvalue weighted by atomic mass is 16.5. The number of rotatable bonds is 6. The van der Waals surface area contributed by atoms with Crippen molar-refractivity contribution in [2.75, 3.05) is 13.2 Å². The van der Waals surface area contributed by atoms with Crippen molar-refractivity contribution >= 4 is 33.8 Å². The third kappa shape index (κ3) is 3.13. The lowest BCUT2D eigenvalue weighted by Crippen LogP contribution is -2.07. The van der Waals surface area contributed by atoms with Crippen LogP contribution in [0.25, 0.3) is 27.8 Å². The van der Waals surface area contributed by atoms with Gasteiger partial charge in [0.2, 0.25) is 0 Å². The van der Waals surface area contributed by atoms with Crippen molar-refractivity contribution in [3.63, 3.8) is 0 Å². The maximum absolute atomic E-state index is 11.8. The summed E-state index contributed by atoms with van der Waals surface area (Å²) in [6.07, 6.45) is 5.50. The monoisotopic (exact) mass is 324 g/mol. The Hall–Kier alpha value is -2.75. The van der Waals surface area contributed by atoms with Gasteiger partial charge in [0, 0.05) is 10.9 Å². The molecule has 3 rings (SSSR count). The molecule has 4 heteroatoms. The largest absolute Gasteiger partial charge is 0.501 e. The third-order valence-electron chi connectivity index (χ3n) is 3.86. The van der Waals surface area contributed by atoms with Gasteiger partial charge in [-0.15, -0.1) is 0 Å². The summed E-state index contributed by atoms with van der Waals surface area (Å²) in [5.74, 6) is -0.246. The normalized spacial score (nSPS) is 11.4. The fraction of sp³-hybridized carbons (Fsp3) is 0.250. The molecule has 2 aromatic carbocycles. The number of carbonyl (C=O) groups is 1. The minimum Gasteiger partial charge on any atom is -0.501 e. The van der Waals surface area contributed by atoms with Gasteiger partial charge in [0.15, 0.2) is 0 Å². The number of hydrogen-bond donors (Lipinski definition) is 0. The van der Waals surface area contributed by atoms with E-state index in [4.69, 9.17) is 13.9 Å². The molecule has 0 saturated heterocycles. The molecule has 3 aromatic rings. The molecule has 124 valence electrons. The standard InChI is InChI=1S/C20H20O4/c1-3-22-11-10-14-6-5-7-17-16(14)8-9-18-20(17)15(13-24-18)12-19(21)23-4-2/h5-11,13H,3-4,12H2,1-2H3. The van der Waals surface area contributed by atoms with E-state index in [1.54, 1.807) is 19.4 Å². The number of carbonyl (C=O) groups excluding carboxylic acids is 1. The Morgan fingerprint density at radius 3 is 2.79 bits per heavy atom. The molecule has 0 N–H and O–H groups in total. The second-order valence-electron chi connectivity index (χ2n) is 5.38. The van der Waals surface area contributed by atoms with Crippen LogP contribution in [-0.2, 0) is 20.7 Å². The highest BCUT2D eigenvalue weighted by Crippen LogP contribution is 2.32. The van der Waals surface area contributed by atoms with Crippen molar-refractivity contribution < 1.29 is 18.7 Å². The molecular weight excluding hydrogens is 304 g/mol. The molecule has 0 saturated carbocycles. The van der Waals surface area contributed by atoms with Gasteiger partial charge >= 0.3 is 5.97 Å². The van der Waals surface area contributed by atoms with E-state index in [1.807, 2.05) is 43.3 Å². The van der Waals surface area contributed by atoms with Gasteiger partial charge in [0.25, 0.3) is 0 Å². The van der Waals surface area contributed by atoms with Crippen molar-refractivity contribution in [3.05, 3.63) is 54.0 Å². The van der Waals surface area contributed by atoms with E-state index >= 15 is 0 Å². The van der Waals surface area contributed by atoms with Gasteiger partial charge < -0.3 is 13.9 Å². The van der Waals surface area contributed by atoms with Crippen LogP contribution in [0, 0.1) is 0 Å². The van der Waals surface area contributed by atoms with Crippen molar-refractivity contribution in [1.82, 2.24) is 0 Å². The van der Waals surface area contributed by atoms with E-state index in [2.05, 4.69) is 0 Å². The second-order valence-corrected chi connectivity index (χ2v) is 5.38. The first-order valence-electron chi connectivity index (χ1n) is 8.10. The first-order valence-corrected chi connectivity index (χ1v) is 8.10. The molecule has 0 bridgehead atoms. The molecule has 0 amide bonds. The van der Waals surface area contributed by atoms with Crippen LogP contribution in [0.4, 0.5) is 0 Å². The smallest absolute Gasteiger partial charge is 0.310 e. The lowest BCUT2D eigenvalue weighted by atomic mass is 9.98. The molecular formula is C20H20O4. The van der Waals surface area contributed by atoms with Gasteiger partial charge in [-0.1, -0.05) is 24.3 Å². The predicted octanol–water partition coefficient (Wildman–Crippen LogP) is 4.70. The summed E-state index contributed by atoms with van der Waals surface area (Å²) in [4.78, 5) is 11.8. The zero-order valence-electron chi connectivity index (χ0n) is 13.9. The highest BCUT2D eigenvalue weighted by molar-refractivity contribution is 6.10. The van der Waals surface area contributed by atoms with E-state index < -0.39 is 0 Å². The summed E-state index contributed by atoms with van der Waals surface area (Å²) in [6, 6.07) is 10.0. The van der Waals surface area contributed by atoms with E-state index in [9.17, 15) is 4.79 Å². The molecule has 0 fully saturated rings. The lowest BCUT2D eigenvalue weighted by Gasteiger charge is -2.06. The Labute approximate surface area is 140 Å². The molecule has 1 aromatic heterocycles. The Bertz CT molecular complexity index is 889. The fourth-order valence-corrected chi connectivity index (χ4v) is 2.85. The first kappa shape index (κ1) is 16.1. The van der Waals surface area contributed by atoms with Gasteiger partial charge in [0.05, 0.1) is 32.2 Å². The van der Waals surface area contributed by atoms with Crippen molar-refractivity contribution in [3.8, 4) is 0 Å². The van der Waals surface area contributed by atoms with Crippen LogP contribution in [0.1, 0.15) is 25.0 Å². The van der Waals surface area contributed by atoms with Gasteiger partial charge in [-0.05, 0) is 42.3 Å². The quantitative estimate of drug-likeness (QED) is 0.487. The second kappa shape index (κ2) is 7.21. The van der Waals surface area contributed by atoms with Crippen molar-refractivity contribution in [1.29, 1.82) is 0 Å². The SMILES string of the molecule is CCOC=Cc1cccc2c1ccc1occ(CC(=O)OCC)c12. The van der Waals surface area contributed by atoms with Crippen LogP contribution < -0.4 is 0 Å². The number of esters is 1. The van der Waals surface area contributed by atoms with E-state index in [-0.39, 0.29) is 12.4 Å². The average molecular weight is 324 g/mol. The van der Waals surface area contributed by atoms with Gasteiger partial charge in [0.1, 0.15) is 5.58 Å². The van der Waals surface area contributed by atoms with Crippen LogP contribution in [0.15, 0.2) is 47.3 Å². The first-order chi connectivity index (χ1) is 11.7. The molecule has 0 aliphatic heterocycles. The van der Waals surface area contributed by atoms with Crippen LogP contribution in [-0.4, -0.2) is 19.2 Å². The summed E-state index contributed by atoms with van der Waals surface area (Å²) >= 11 is 0. The maximum atomic E-state index is 11.8. The molecule has 4 nitrogen and oxygen atoms in total. The number of ether oxygens (including phenoxy) is 2. The van der Waals surface area contributed by atoms with Crippen LogP contribution in [0.2, 0.25) is 0 Å². The Morgan fingerprint density at radius 1 is 1.12 bits per heavy atom. The molecule has 0 atom stereocenters. The number of benzene rings is 2. The lowest BCUT2D eigenvalue weighted by molar-refractivity contribution is -0.142. The van der Waals surface area contributed by atoms with Crippen molar-refractivity contribution in [2.45, 2.75) is 20.3 Å². The maximum Gasteiger partial charge on any atom is 0.310 e. The molecule has 0 aliphatic rings. The zero-order chi connectivity index (χ0) is 16.9. The highest BCUT2D eigenvalue weighted by Gasteiger charge is 2.14. The van der Waals surface area contributed by atoms with Gasteiger partial charge in [-0.2, -0.15) is 0 Å². The minimum atomic E-state index is -0.246. The average Bonchev–Trinajstić information content (AvgIpc) is 2.99. The van der Waals surface area contributed by atoms with Gasteiger partial charge in [-0.3, -0.25) is 4.79 Å². The summed E-state index contributed by atoms with van der Waals surface area (Å²) in [7, 11) is 0. The van der Waals surface area contributed by atoms with Crippen LogP contribution >= 0.6 is 0 Å². The Morgan fingerprint density at radius 2 is 2.00 bits per heavy atom. The Balaban J connectivity index is 2.10. The topological polar surface area (TPSA) is 48.7 Å². The summed E-state index contributed by atoms with van der Waals surface area (Å²) in [5, 5.41) is 3.11. The molecule has 0 radical (unpaired) electrons.